The van der Waals surface area contributed by atoms with Crippen LogP contribution in [0, 0.1) is 10.1 Å². The van der Waals surface area contributed by atoms with Crippen LogP contribution < -0.4 is 10.9 Å². The summed E-state index contributed by atoms with van der Waals surface area (Å²) in [5, 5.41) is 15.8. The van der Waals surface area contributed by atoms with E-state index < -0.39 is 4.92 Å². The van der Waals surface area contributed by atoms with Crippen LogP contribution in [-0.4, -0.2) is 15.4 Å². The van der Waals surface area contributed by atoms with Crippen molar-refractivity contribution in [2.24, 2.45) is 5.10 Å². The Hall–Kier alpha value is -3.48. The molecule has 0 spiro atoms. The third kappa shape index (κ3) is 3.40. The van der Waals surface area contributed by atoms with Gasteiger partial charge in [-0.2, -0.15) is 5.10 Å². The lowest BCUT2D eigenvalue weighted by atomic mass is 10.2. The fourth-order valence-corrected chi connectivity index (χ4v) is 2.60. The zero-order valence-corrected chi connectivity index (χ0v) is 13.5. The Morgan fingerprint density at radius 3 is 2.60 bits per heavy atom. The molecule has 0 bridgehead atoms. The Morgan fingerprint density at radius 2 is 1.92 bits per heavy atom. The fraction of sp³-hybridized carbons (Fsp3) is 0.111. The van der Waals surface area contributed by atoms with Crippen molar-refractivity contribution in [2.45, 2.75) is 13.5 Å². The number of pyridine rings is 1. The van der Waals surface area contributed by atoms with Gasteiger partial charge in [0, 0.05) is 29.6 Å². The Kier molecular flexibility index (Phi) is 4.56. The lowest BCUT2D eigenvalue weighted by molar-refractivity contribution is -0.384. The number of rotatable bonds is 4. The van der Waals surface area contributed by atoms with Crippen LogP contribution in [0.2, 0.25) is 0 Å². The van der Waals surface area contributed by atoms with Gasteiger partial charge in [0.25, 0.3) is 11.6 Å². The lowest BCUT2D eigenvalue weighted by Gasteiger charge is -2.09. The standard InChI is InChI=1S/C18H16N4O3/c1-2-21-16-10-9-15(22(24)25)12-14(16)8-11-17(21)19-20-18(23)13-6-4-3-5-7-13/h3-12H,2H2,1H3,(H,20,23). The highest BCUT2D eigenvalue weighted by molar-refractivity contribution is 5.93. The summed E-state index contributed by atoms with van der Waals surface area (Å²) in [5.41, 5.74) is 4.47. The number of carbonyl (C=O) groups is 1. The number of nitro groups is 1. The van der Waals surface area contributed by atoms with Crippen molar-refractivity contribution < 1.29 is 9.72 Å². The van der Waals surface area contributed by atoms with Crippen molar-refractivity contribution >= 4 is 22.5 Å². The molecule has 0 aliphatic carbocycles. The van der Waals surface area contributed by atoms with E-state index in [0.717, 1.165) is 10.9 Å². The van der Waals surface area contributed by atoms with Crippen molar-refractivity contribution in [3.8, 4) is 0 Å². The highest BCUT2D eigenvalue weighted by Crippen LogP contribution is 2.19. The van der Waals surface area contributed by atoms with Gasteiger partial charge < -0.3 is 4.57 Å². The molecule has 3 rings (SSSR count). The van der Waals surface area contributed by atoms with E-state index in [-0.39, 0.29) is 11.6 Å². The maximum Gasteiger partial charge on any atom is 0.271 e. The van der Waals surface area contributed by atoms with Crippen molar-refractivity contribution in [1.29, 1.82) is 0 Å². The Bertz CT molecular complexity index is 1010. The number of non-ortho nitro benzene ring substituents is 1. The normalized spacial score (nSPS) is 11.5. The maximum absolute atomic E-state index is 12.1. The van der Waals surface area contributed by atoms with Crippen LogP contribution in [-0.2, 0) is 6.54 Å². The number of benzene rings is 2. The van der Waals surface area contributed by atoms with E-state index in [1.807, 2.05) is 17.6 Å². The number of hydrogen-bond donors (Lipinski definition) is 1. The summed E-state index contributed by atoms with van der Waals surface area (Å²) in [5.74, 6) is -0.299. The van der Waals surface area contributed by atoms with Gasteiger partial charge in [-0.15, -0.1) is 0 Å². The fourth-order valence-electron chi connectivity index (χ4n) is 2.60. The largest absolute Gasteiger partial charge is 0.325 e. The minimum atomic E-state index is -0.423. The molecule has 0 radical (unpaired) electrons. The van der Waals surface area contributed by atoms with Crippen molar-refractivity contribution in [3.05, 3.63) is 81.8 Å². The van der Waals surface area contributed by atoms with E-state index in [2.05, 4.69) is 10.5 Å². The zero-order valence-electron chi connectivity index (χ0n) is 13.5. The molecule has 1 heterocycles. The van der Waals surface area contributed by atoms with Crippen LogP contribution in [0.5, 0.6) is 0 Å². The average molecular weight is 336 g/mol. The highest BCUT2D eigenvalue weighted by atomic mass is 16.6. The molecule has 0 aliphatic heterocycles. The quantitative estimate of drug-likeness (QED) is 0.587. The Morgan fingerprint density at radius 1 is 1.16 bits per heavy atom. The van der Waals surface area contributed by atoms with E-state index in [9.17, 15) is 14.9 Å². The molecular formula is C18H16N4O3. The van der Waals surface area contributed by atoms with Crippen LogP contribution in [0.1, 0.15) is 17.3 Å². The van der Waals surface area contributed by atoms with E-state index in [4.69, 9.17) is 0 Å². The summed E-state index contributed by atoms with van der Waals surface area (Å²) >= 11 is 0. The van der Waals surface area contributed by atoms with E-state index in [1.165, 1.54) is 12.1 Å². The summed E-state index contributed by atoms with van der Waals surface area (Å²) < 4.78 is 1.88. The number of aromatic nitrogens is 1. The van der Waals surface area contributed by atoms with Gasteiger partial charge in [-0.25, -0.2) is 5.43 Å². The summed E-state index contributed by atoms with van der Waals surface area (Å²) in [4.78, 5) is 22.6. The van der Waals surface area contributed by atoms with E-state index in [0.29, 0.717) is 17.6 Å². The summed E-state index contributed by atoms with van der Waals surface area (Å²) in [6.45, 7) is 2.55. The van der Waals surface area contributed by atoms with Gasteiger partial charge in [-0.3, -0.25) is 14.9 Å². The second-order valence-corrected chi connectivity index (χ2v) is 5.35. The Balaban J connectivity index is 2.00. The van der Waals surface area contributed by atoms with Crippen molar-refractivity contribution in [3.63, 3.8) is 0 Å². The minimum Gasteiger partial charge on any atom is -0.325 e. The van der Waals surface area contributed by atoms with Crippen LogP contribution in [0.4, 0.5) is 5.69 Å². The van der Waals surface area contributed by atoms with Crippen LogP contribution in [0.15, 0.2) is 65.8 Å². The summed E-state index contributed by atoms with van der Waals surface area (Å²) in [6.07, 6.45) is 0. The number of fused-ring (bicyclic) bond motifs is 1. The molecule has 7 heteroatoms. The van der Waals surface area contributed by atoms with Gasteiger partial charge in [0.15, 0.2) is 5.49 Å². The molecule has 0 saturated carbocycles. The number of hydrogen-bond acceptors (Lipinski definition) is 4. The van der Waals surface area contributed by atoms with E-state index in [1.54, 1.807) is 42.5 Å². The van der Waals surface area contributed by atoms with Crippen LogP contribution >= 0.6 is 0 Å². The molecule has 1 N–H and O–H groups in total. The second-order valence-electron chi connectivity index (χ2n) is 5.35. The molecule has 1 amide bonds. The van der Waals surface area contributed by atoms with Gasteiger partial charge >= 0.3 is 0 Å². The first kappa shape index (κ1) is 16.4. The lowest BCUT2D eigenvalue weighted by Crippen LogP contribution is -2.27. The third-order valence-electron chi connectivity index (χ3n) is 3.83. The van der Waals surface area contributed by atoms with Gasteiger partial charge in [-0.1, -0.05) is 18.2 Å². The zero-order chi connectivity index (χ0) is 17.8. The molecule has 7 nitrogen and oxygen atoms in total. The predicted octanol–water partition coefficient (Wildman–Crippen LogP) is 2.82. The highest BCUT2D eigenvalue weighted by Gasteiger charge is 2.08. The molecule has 0 atom stereocenters. The summed E-state index contributed by atoms with van der Waals surface area (Å²) in [7, 11) is 0. The van der Waals surface area contributed by atoms with Gasteiger partial charge in [-0.05, 0) is 37.3 Å². The molecule has 126 valence electrons. The van der Waals surface area contributed by atoms with Gasteiger partial charge in [0.05, 0.1) is 10.4 Å². The number of amides is 1. The Labute approximate surface area is 143 Å². The number of aryl methyl sites for hydroxylation is 1. The number of nitrogens with one attached hydrogen (secondary N) is 1. The SMILES string of the molecule is CCn1c(=NNC(=O)c2ccccc2)ccc2cc([N+](=O)[O-])ccc21. The first-order valence-corrected chi connectivity index (χ1v) is 7.77. The number of nitrogens with zero attached hydrogens (tertiary/aromatic N) is 3. The minimum absolute atomic E-state index is 0.0391. The molecule has 0 saturated heterocycles. The van der Waals surface area contributed by atoms with Crippen LogP contribution in [0.3, 0.4) is 0 Å². The van der Waals surface area contributed by atoms with Gasteiger partial charge in [0.2, 0.25) is 0 Å². The number of nitro benzene ring substituents is 1. The molecule has 0 fully saturated rings. The molecular weight excluding hydrogens is 320 g/mol. The predicted molar refractivity (Wildman–Crippen MR) is 93.7 cm³/mol. The maximum atomic E-state index is 12.1. The monoisotopic (exact) mass is 336 g/mol. The molecule has 2 aromatic carbocycles. The van der Waals surface area contributed by atoms with Crippen molar-refractivity contribution in [1.82, 2.24) is 9.99 Å². The molecule has 1 aromatic heterocycles. The first-order chi connectivity index (χ1) is 12.1. The third-order valence-corrected chi connectivity index (χ3v) is 3.83. The summed E-state index contributed by atoms with van der Waals surface area (Å²) in [6, 6.07) is 17.0. The molecule has 25 heavy (non-hydrogen) atoms. The first-order valence-electron chi connectivity index (χ1n) is 7.77. The topological polar surface area (TPSA) is 89.5 Å². The van der Waals surface area contributed by atoms with Crippen LogP contribution in [0.25, 0.3) is 10.9 Å². The average Bonchev–Trinajstić information content (AvgIpc) is 2.65. The molecule has 0 aliphatic rings. The second kappa shape index (κ2) is 6.96. The smallest absolute Gasteiger partial charge is 0.271 e. The van der Waals surface area contributed by atoms with E-state index >= 15 is 0 Å². The molecule has 3 aromatic rings. The molecule has 0 unspecified atom stereocenters. The number of carbonyl (C=O) groups excluding carboxylic acids is 1. The van der Waals surface area contributed by atoms with Gasteiger partial charge in [0.1, 0.15) is 0 Å². The van der Waals surface area contributed by atoms with Crippen molar-refractivity contribution in [2.75, 3.05) is 0 Å².